The minimum atomic E-state index is 0. The standard InChI is InChI=1S/3C.4N.3O.3Ti/q;;;4*-3;;;;3*+4. The van der Waals surface area contributed by atoms with Gasteiger partial charge in [-0.15, -0.1) is 0 Å². The van der Waals surface area contributed by atoms with Crippen molar-refractivity contribution in [3.05, 3.63) is 46.9 Å². The molecule has 0 atom stereocenters. The fraction of sp³-hybridized carbons (Fsp3) is 0. The third-order valence-corrected chi connectivity index (χ3v) is 0. The largest absolute Gasteiger partial charge is 4.00 e. The van der Waals surface area contributed by atoms with Crippen LogP contribution in [0.2, 0.25) is 0 Å². The van der Waals surface area contributed by atoms with Crippen LogP contribution in [0.4, 0.5) is 0 Å². The van der Waals surface area contributed by atoms with Crippen molar-refractivity contribution in [2.75, 3.05) is 0 Å². The van der Waals surface area contributed by atoms with Crippen molar-refractivity contribution in [3.63, 3.8) is 0 Å². The number of hydrogen-bond donors (Lipinski definition) is 0. The van der Waals surface area contributed by atoms with E-state index in [2.05, 4.69) is 0 Å². The molecule has 62 valence electrons. The van der Waals surface area contributed by atoms with Gasteiger partial charge < -0.3 is 24.6 Å². The van der Waals surface area contributed by atoms with Crippen molar-refractivity contribution in [2.45, 2.75) is 0 Å². The maximum absolute atomic E-state index is 0. The topological polar surface area (TPSA) is 208 Å². The average Bonchev–Trinajstić information content (AvgIpc) is 0. The first kappa shape index (κ1) is 823. The fourth-order valence-electron chi connectivity index (χ4n) is 0. The molecule has 0 aliphatic heterocycles. The van der Waals surface area contributed by atoms with E-state index < -0.39 is 0 Å². The molecule has 0 heterocycles. The maximum Gasteiger partial charge on any atom is 4.00 e. The number of rotatable bonds is 0. The summed E-state index contributed by atoms with van der Waals surface area (Å²) in [5, 5.41) is 0. The fourth-order valence-corrected chi connectivity index (χ4v) is 0. The molecule has 0 amide bonds. The summed E-state index contributed by atoms with van der Waals surface area (Å²) in [4.78, 5) is 0. The molecule has 0 fully saturated rings. The van der Waals surface area contributed by atoms with E-state index in [9.17, 15) is 0 Å². The Balaban J connectivity index is 0. The van der Waals surface area contributed by atoms with E-state index >= 15 is 0 Å². The molecule has 0 aliphatic carbocycles. The molecule has 0 aromatic heterocycles. The Bertz CT molecular complexity index is 25.8. The van der Waals surface area contributed by atoms with Crippen LogP contribution >= 0.6 is 0 Å². The van der Waals surface area contributed by atoms with Crippen molar-refractivity contribution in [2.24, 2.45) is 0 Å². The van der Waals surface area contributed by atoms with Gasteiger partial charge >= 0.3 is 65.2 Å². The molecule has 0 aromatic rings. The quantitative estimate of drug-likeness (QED) is 0.570. The van der Waals surface area contributed by atoms with Crippen molar-refractivity contribution < 1.29 is 81.6 Å². The van der Waals surface area contributed by atoms with E-state index in [-0.39, 0.29) is 128 Å². The summed E-state index contributed by atoms with van der Waals surface area (Å²) in [6, 6.07) is 0. The third-order valence-electron chi connectivity index (χ3n) is 0. The van der Waals surface area contributed by atoms with Gasteiger partial charge in [-0.3, -0.25) is 0 Å². The second-order valence-electron chi connectivity index (χ2n) is 0. The Hall–Kier alpha value is 1.86. The first-order valence-electron chi connectivity index (χ1n) is 0. The number of hydrogen-bond acceptors (Lipinski definition) is 0. The molecule has 0 aromatic carbocycles. The molecule has 0 spiro atoms. The zero-order valence-electron chi connectivity index (χ0n) is 6.01. The summed E-state index contributed by atoms with van der Waals surface area (Å²) >= 11 is 0. The van der Waals surface area contributed by atoms with Crippen LogP contribution in [0, 0.1) is 22.3 Å². The van der Waals surface area contributed by atoms with Crippen LogP contribution in [0.5, 0.6) is 0 Å². The van der Waals surface area contributed by atoms with Gasteiger partial charge in [-0.25, -0.2) is 0 Å². The third kappa shape index (κ3) is 562. The molecule has 7 nitrogen and oxygen atoms in total. The first-order valence-corrected chi connectivity index (χ1v) is 0. The Morgan fingerprint density at radius 1 is 0.308 bits per heavy atom. The summed E-state index contributed by atoms with van der Waals surface area (Å²) in [6.45, 7) is 0. The normalized spacial score (nSPS) is 0. The van der Waals surface area contributed by atoms with E-state index in [1.165, 1.54) is 0 Å². The molecule has 18 radical (unpaired) electrons. The van der Waals surface area contributed by atoms with Crippen LogP contribution in [0.3, 0.4) is 0 Å². The summed E-state index contributed by atoms with van der Waals surface area (Å²) in [5.41, 5.74) is 0. The van der Waals surface area contributed by atoms with Crippen molar-refractivity contribution in [3.8, 4) is 0 Å². The van der Waals surface area contributed by atoms with E-state index in [0.29, 0.717) is 0 Å². The Kier molecular flexibility index (Phi) is 41800. The SMILES string of the molecule is [C].[C].[C].[N-3].[N-3].[N-3].[N-3].[O].[O].[O].[Ti+4].[Ti+4].[Ti+4]. The zero-order valence-corrected chi connectivity index (χ0v) is 10.7. The zero-order chi connectivity index (χ0) is 0. The summed E-state index contributed by atoms with van der Waals surface area (Å²) in [5.74, 6) is 0. The van der Waals surface area contributed by atoms with Crippen LogP contribution in [0.25, 0.3) is 24.6 Å². The van der Waals surface area contributed by atoms with Gasteiger partial charge in [0.05, 0.1) is 0 Å². The summed E-state index contributed by atoms with van der Waals surface area (Å²) < 4.78 is 0. The molecule has 0 saturated heterocycles. The predicted octanol–water partition coefficient (Wildman–Crippen LogP) is 1.03. The van der Waals surface area contributed by atoms with Crippen LogP contribution in [0.1, 0.15) is 0 Å². The summed E-state index contributed by atoms with van der Waals surface area (Å²) in [7, 11) is 0. The van der Waals surface area contributed by atoms with Crippen LogP contribution in [-0.4, -0.2) is 0 Å². The van der Waals surface area contributed by atoms with Gasteiger partial charge in [0.25, 0.3) is 0 Å². The van der Waals surface area contributed by atoms with Gasteiger partial charge in [0, 0.05) is 38.7 Å². The molecule has 10 heteroatoms. The van der Waals surface area contributed by atoms with E-state index in [1.54, 1.807) is 0 Å². The van der Waals surface area contributed by atoms with Gasteiger partial charge in [0.15, 0.2) is 0 Å². The molecule has 0 N–H and O–H groups in total. The van der Waals surface area contributed by atoms with Gasteiger partial charge in [0.2, 0.25) is 0 Å². The minimum absolute atomic E-state index is 0. The van der Waals surface area contributed by atoms with Crippen LogP contribution < -0.4 is 0 Å². The molecule has 0 saturated carbocycles. The second-order valence-corrected chi connectivity index (χ2v) is 0. The van der Waals surface area contributed by atoms with E-state index in [4.69, 9.17) is 0 Å². The summed E-state index contributed by atoms with van der Waals surface area (Å²) in [6.07, 6.45) is 0. The van der Waals surface area contributed by atoms with Gasteiger partial charge in [0.1, 0.15) is 0 Å². The van der Waals surface area contributed by atoms with Crippen molar-refractivity contribution >= 4 is 0 Å². The Morgan fingerprint density at radius 2 is 0.308 bits per heavy atom. The first-order chi connectivity index (χ1) is 0. The minimum Gasteiger partial charge on any atom is -3.00 e. The van der Waals surface area contributed by atoms with Gasteiger partial charge in [-0.2, -0.15) is 0 Å². The average molecular weight is 284 g/mol. The molecule has 13 heavy (non-hydrogen) atoms. The smallest absolute Gasteiger partial charge is 3.00 e. The molecular weight excluding hydrogens is 284 g/mol. The van der Waals surface area contributed by atoms with E-state index in [1.807, 2.05) is 0 Å². The number of nitrogens with zero attached hydrogens (tertiary/aromatic N) is 4. The van der Waals surface area contributed by atoms with Gasteiger partial charge in [-0.05, 0) is 0 Å². The molecule has 0 unspecified atom stereocenters. The van der Waals surface area contributed by atoms with Crippen LogP contribution in [0.15, 0.2) is 0 Å². The monoisotopic (exact) mass is 284 g/mol. The molecule has 0 bridgehead atoms. The molecule has 0 aliphatic rings. The molecule has 0 rings (SSSR count). The Labute approximate surface area is 127 Å². The second kappa shape index (κ2) is 661. The van der Waals surface area contributed by atoms with Crippen LogP contribution in [-0.2, 0) is 81.6 Å². The maximum atomic E-state index is 0. The van der Waals surface area contributed by atoms with Crippen molar-refractivity contribution in [1.29, 1.82) is 0 Å². The Morgan fingerprint density at radius 3 is 0.308 bits per heavy atom. The molecular formula is C3N4O3Ti3. The van der Waals surface area contributed by atoms with Gasteiger partial charge in [-0.1, -0.05) is 0 Å². The van der Waals surface area contributed by atoms with Crippen molar-refractivity contribution in [1.82, 2.24) is 0 Å². The van der Waals surface area contributed by atoms with E-state index in [0.717, 1.165) is 0 Å². The predicted molar refractivity (Wildman–Crippen MR) is 25.2 cm³/mol.